The minimum absolute atomic E-state index is 0.121. The fourth-order valence-electron chi connectivity index (χ4n) is 5.52. The highest BCUT2D eigenvalue weighted by Crippen LogP contribution is 2.37. The van der Waals surface area contributed by atoms with Gasteiger partial charge in [0.1, 0.15) is 17.7 Å². The van der Waals surface area contributed by atoms with Gasteiger partial charge in [0.2, 0.25) is 5.82 Å². The number of amides is 1. The van der Waals surface area contributed by atoms with Crippen LogP contribution in [-0.2, 0) is 11.7 Å². The third-order valence-corrected chi connectivity index (χ3v) is 7.75. The van der Waals surface area contributed by atoms with Crippen LogP contribution < -0.4 is 0 Å². The van der Waals surface area contributed by atoms with E-state index in [1.54, 1.807) is 11.2 Å². The standard InChI is InChI=1S/C25H26F3N9O/c1-2-24(37-12-16(11-33-37)20-18-3-7-29-21(18)32-15-31-20)13-36(14-24)17-5-9-35(10-6-17)22(38)19-4-8-30-23(34-19)25(26,27)28/h3-4,7-8,11-12,15,17H,2,5-6,9-10,13-14H2,1H3,(H,29,31,32). The Hall–Kier alpha value is -3.87. The number of hydrogen-bond acceptors (Lipinski definition) is 7. The molecular weight excluding hydrogens is 499 g/mol. The van der Waals surface area contributed by atoms with Crippen LogP contribution in [0.3, 0.4) is 0 Å². The number of carbonyl (C=O) groups is 1. The second kappa shape index (κ2) is 9.15. The van der Waals surface area contributed by atoms with Gasteiger partial charge in [-0.15, -0.1) is 0 Å². The fourth-order valence-corrected chi connectivity index (χ4v) is 5.52. The van der Waals surface area contributed by atoms with E-state index in [0.717, 1.165) is 60.8 Å². The van der Waals surface area contributed by atoms with Crippen LogP contribution in [0.5, 0.6) is 0 Å². The van der Waals surface area contributed by atoms with Crippen molar-refractivity contribution in [1.29, 1.82) is 0 Å². The summed E-state index contributed by atoms with van der Waals surface area (Å²) >= 11 is 0. The number of H-pyrrole nitrogens is 1. The van der Waals surface area contributed by atoms with Crippen molar-refractivity contribution in [3.63, 3.8) is 0 Å². The Kier molecular flexibility index (Phi) is 5.89. The molecule has 0 atom stereocenters. The van der Waals surface area contributed by atoms with E-state index in [1.807, 2.05) is 29.3 Å². The number of aromatic nitrogens is 7. The van der Waals surface area contributed by atoms with Gasteiger partial charge >= 0.3 is 6.18 Å². The highest BCUT2D eigenvalue weighted by Gasteiger charge is 2.47. The minimum atomic E-state index is -4.69. The first-order valence-electron chi connectivity index (χ1n) is 12.5. The van der Waals surface area contributed by atoms with Crippen molar-refractivity contribution in [2.45, 2.75) is 43.9 Å². The topological polar surface area (TPSA) is 109 Å². The number of fused-ring (bicyclic) bond motifs is 1. The second-order valence-electron chi connectivity index (χ2n) is 9.91. The van der Waals surface area contributed by atoms with E-state index >= 15 is 0 Å². The molecule has 1 N–H and O–H groups in total. The number of nitrogens with zero attached hydrogens (tertiary/aromatic N) is 8. The van der Waals surface area contributed by atoms with Gasteiger partial charge in [0.25, 0.3) is 5.91 Å². The Morgan fingerprint density at radius 1 is 1.16 bits per heavy atom. The number of carbonyl (C=O) groups excluding carboxylic acids is 1. The maximum Gasteiger partial charge on any atom is 0.451 e. The number of halogens is 3. The fraction of sp³-hybridized carbons (Fsp3) is 0.440. The van der Waals surface area contributed by atoms with Gasteiger partial charge in [-0.3, -0.25) is 14.4 Å². The summed E-state index contributed by atoms with van der Waals surface area (Å²) in [5.74, 6) is -1.79. The largest absolute Gasteiger partial charge is 0.451 e. The molecular formula is C25H26F3N9O. The smallest absolute Gasteiger partial charge is 0.346 e. The molecule has 0 spiro atoms. The van der Waals surface area contributed by atoms with Crippen LogP contribution in [0, 0.1) is 0 Å². The minimum Gasteiger partial charge on any atom is -0.346 e. The molecule has 6 rings (SSSR count). The first-order valence-corrected chi connectivity index (χ1v) is 12.5. The van der Waals surface area contributed by atoms with E-state index in [1.165, 1.54) is 6.07 Å². The van der Waals surface area contributed by atoms with Crippen LogP contribution >= 0.6 is 0 Å². The Bertz CT molecular complexity index is 1470. The molecule has 10 nitrogen and oxygen atoms in total. The average molecular weight is 526 g/mol. The number of nitrogens with one attached hydrogen (secondary N) is 1. The van der Waals surface area contributed by atoms with Crippen LogP contribution in [0.2, 0.25) is 0 Å². The molecule has 2 aliphatic rings. The van der Waals surface area contributed by atoms with Crippen molar-refractivity contribution in [1.82, 2.24) is 44.5 Å². The summed E-state index contributed by atoms with van der Waals surface area (Å²) in [6, 6.07) is 3.49. The van der Waals surface area contributed by atoms with Crippen molar-refractivity contribution < 1.29 is 18.0 Å². The summed E-state index contributed by atoms with van der Waals surface area (Å²) in [6.45, 7) is 4.78. The monoisotopic (exact) mass is 525 g/mol. The summed E-state index contributed by atoms with van der Waals surface area (Å²) in [5, 5.41) is 5.65. The SMILES string of the molecule is CCC1(n2cc(-c3ncnc4[nH]ccc34)cn2)CN(C2CCN(C(=O)c3ccnc(C(F)(F)F)n3)CC2)C1. The Morgan fingerprint density at radius 3 is 2.68 bits per heavy atom. The molecule has 0 aromatic carbocycles. The van der Waals surface area contributed by atoms with E-state index in [-0.39, 0.29) is 11.2 Å². The molecule has 0 bridgehead atoms. The van der Waals surface area contributed by atoms with Gasteiger partial charge in [-0.25, -0.2) is 19.9 Å². The maximum absolute atomic E-state index is 12.9. The number of aromatic amines is 1. The normalized spacial score (nSPS) is 18.6. The van der Waals surface area contributed by atoms with Crippen LogP contribution in [0.1, 0.15) is 42.5 Å². The molecule has 4 aromatic heterocycles. The Labute approximate surface area is 215 Å². The molecule has 13 heteroatoms. The van der Waals surface area contributed by atoms with Crippen molar-refractivity contribution in [2.24, 2.45) is 0 Å². The summed E-state index contributed by atoms with van der Waals surface area (Å²) < 4.78 is 40.9. The first kappa shape index (κ1) is 24.5. The molecule has 2 aliphatic heterocycles. The van der Waals surface area contributed by atoms with Gasteiger partial charge in [0.15, 0.2) is 0 Å². The number of piperidine rings is 1. The van der Waals surface area contributed by atoms with Crippen LogP contribution in [0.25, 0.3) is 22.3 Å². The number of hydrogen-bond donors (Lipinski definition) is 1. The second-order valence-corrected chi connectivity index (χ2v) is 9.91. The molecule has 1 amide bonds. The highest BCUT2D eigenvalue weighted by atomic mass is 19.4. The molecule has 2 fully saturated rings. The van der Waals surface area contributed by atoms with Crippen molar-refractivity contribution in [3.8, 4) is 11.3 Å². The Morgan fingerprint density at radius 2 is 1.95 bits per heavy atom. The van der Waals surface area contributed by atoms with Crippen molar-refractivity contribution >= 4 is 16.9 Å². The number of alkyl halides is 3. The van der Waals surface area contributed by atoms with Gasteiger partial charge in [0, 0.05) is 61.8 Å². The van der Waals surface area contributed by atoms with E-state index in [9.17, 15) is 18.0 Å². The predicted octanol–water partition coefficient (Wildman–Crippen LogP) is 3.36. The van der Waals surface area contributed by atoms with Gasteiger partial charge in [-0.2, -0.15) is 18.3 Å². The van der Waals surface area contributed by atoms with E-state index in [4.69, 9.17) is 5.10 Å². The molecule has 38 heavy (non-hydrogen) atoms. The summed E-state index contributed by atoms with van der Waals surface area (Å²) in [5.41, 5.74) is 2.22. The third-order valence-electron chi connectivity index (χ3n) is 7.75. The van der Waals surface area contributed by atoms with Gasteiger partial charge in [-0.05, 0) is 31.4 Å². The van der Waals surface area contributed by atoms with Crippen molar-refractivity contribution in [2.75, 3.05) is 26.2 Å². The zero-order valence-electron chi connectivity index (χ0n) is 20.7. The number of likely N-dealkylation sites (tertiary alicyclic amines) is 2. The summed E-state index contributed by atoms with van der Waals surface area (Å²) in [7, 11) is 0. The van der Waals surface area contributed by atoms with Crippen LogP contribution in [-0.4, -0.2) is 82.6 Å². The van der Waals surface area contributed by atoms with Gasteiger partial charge in [-0.1, -0.05) is 6.92 Å². The highest BCUT2D eigenvalue weighted by molar-refractivity contribution is 5.92. The summed E-state index contributed by atoms with van der Waals surface area (Å²) in [6.07, 6.45) is 5.99. The molecule has 6 heterocycles. The van der Waals surface area contributed by atoms with Crippen LogP contribution in [0.15, 0.2) is 43.2 Å². The zero-order valence-corrected chi connectivity index (χ0v) is 20.7. The maximum atomic E-state index is 12.9. The van der Waals surface area contributed by atoms with Gasteiger partial charge in [0.05, 0.1) is 17.4 Å². The van der Waals surface area contributed by atoms with E-state index in [2.05, 4.69) is 36.7 Å². The number of rotatable bonds is 5. The van der Waals surface area contributed by atoms with Crippen LogP contribution in [0.4, 0.5) is 13.2 Å². The molecule has 198 valence electrons. The predicted molar refractivity (Wildman–Crippen MR) is 131 cm³/mol. The lowest BCUT2D eigenvalue weighted by Gasteiger charge is -2.54. The van der Waals surface area contributed by atoms with Gasteiger partial charge < -0.3 is 9.88 Å². The van der Waals surface area contributed by atoms with Crippen molar-refractivity contribution in [3.05, 3.63) is 54.8 Å². The van der Waals surface area contributed by atoms with E-state index < -0.39 is 17.9 Å². The quantitative estimate of drug-likeness (QED) is 0.426. The zero-order chi connectivity index (χ0) is 26.5. The first-order chi connectivity index (χ1) is 18.3. The summed E-state index contributed by atoms with van der Waals surface area (Å²) in [4.78, 5) is 35.3. The molecule has 2 saturated heterocycles. The molecule has 4 aromatic rings. The third kappa shape index (κ3) is 4.20. The molecule has 0 saturated carbocycles. The lowest BCUT2D eigenvalue weighted by molar-refractivity contribution is -0.145. The lowest BCUT2D eigenvalue weighted by atomic mass is 9.84. The van der Waals surface area contributed by atoms with E-state index in [0.29, 0.717) is 19.1 Å². The lowest BCUT2D eigenvalue weighted by Crippen LogP contribution is -2.66. The Balaban J connectivity index is 1.09. The molecule has 0 unspecified atom stereocenters. The molecule has 0 aliphatic carbocycles. The molecule has 0 radical (unpaired) electrons. The average Bonchev–Trinajstić information content (AvgIpc) is 3.58.